The predicted octanol–water partition coefficient (Wildman–Crippen LogP) is 2.54. The van der Waals surface area contributed by atoms with Gasteiger partial charge in [-0.25, -0.2) is 0 Å². The van der Waals surface area contributed by atoms with Gasteiger partial charge in [-0.15, -0.1) is 0 Å². The lowest BCUT2D eigenvalue weighted by atomic mass is 10.1. The summed E-state index contributed by atoms with van der Waals surface area (Å²) in [5, 5.41) is 2.90. The maximum absolute atomic E-state index is 11.9. The number of rotatable bonds is 2. The molecule has 0 aromatic heterocycles. The Bertz CT molecular complexity index is 667. The van der Waals surface area contributed by atoms with Gasteiger partial charge >= 0.3 is 0 Å². The zero-order chi connectivity index (χ0) is 14.1. The van der Waals surface area contributed by atoms with Crippen LogP contribution in [0.4, 0.5) is 17.1 Å². The molecule has 0 fully saturated rings. The van der Waals surface area contributed by atoms with E-state index in [1.807, 2.05) is 48.2 Å². The van der Waals surface area contributed by atoms with Crippen LogP contribution in [0.1, 0.15) is 11.1 Å². The van der Waals surface area contributed by atoms with E-state index in [9.17, 15) is 4.79 Å². The Hall–Kier alpha value is -2.33. The first-order valence-corrected chi connectivity index (χ1v) is 6.65. The second-order valence-electron chi connectivity index (χ2n) is 4.99. The molecule has 1 heterocycles. The predicted molar refractivity (Wildman–Crippen MR) is 81.1 cm³/mol. The smallest absolute Gasteiger partial charge is 0.244 e. The highest BCUT2D eigenvalue weighted by Crippen LogP contribution is 2.36. The highest BCUT2D eigenvalue weighted by molar-refractivity contribution is 6.03. The molecule has 0 saturated carbocycles. The summed E-state index contributed by atoms with van der Waals surface area (Å²) in [4.78, 5) is 13.9. The number of para-hydroxylation sites is 2. The van der Waals surface area contributed by atoms with Crippen molar-refractivity contribution in [2.75, 3.05) is 16.8 Å². The van der Waals surface area contributed by atoms with Gasteiger partial charge in [0.05, 0.1) is 11.4 Å². The summed E-state index contributed by atoms with van der Waals surface area (Å²) in [6, 6.07) is 14.0. The highest BCUT2D eigenvalue weighted by atomic mass is 16.2. The van der Waals surface area contributed by atoms with Gasteiger partial charge in [0.15, 0.2) is 0 Å². The van der Waals surface area contributed by atoms with E-state index < -0.39 is 0 Å². The lowest BCUT2D eigenvalue weighted by molar-refractivity contribution is -0.115. The van der Waals surface area contributed by atoms with Crippen molar-refractivity contribution < 1.29 is 4.79 Å². The van der Waals surface area contributed by atoms with Crippen molar-refractivity contribution >= 4 is 23.0 Å². The highest BCUT2D eigenvalue weighted by Gasteiger charge is 2.24. The molecule has 3 rings (SSSR count). The van der Waals surface area contributed by atoms with E-state index in [1.54, 1.807) is 0 Å². The molecule has 0 radical (unpaired) electrons. The number of carbonyl (C=O) groups is 1. The number of nitrogens with one attached hydrogen (secondary N) is 1. The minimum atomic E-state index is -0.00632. The van der Waals surface area contributed by atoms with Crippen LogP contribution in [0.3, 0.4) is 0 Å². The lowest BCUT2D eigenvalue weighted by Crippen LogP contribution is -2.35. The number of nitrogens with zero attached hydrogens (tertiary/aromatic N) is 1. The number of hydrogen-bond acceptors (Lipinski definition) is 3. The van der Waals surface area contributed by atoms with Crippen LogP contribution in [-0.2, 0) is 11.3 Å². The molecule has 4 nitrogen and oxygen atoms in total. The molecule has 0 aliphatic carbocycles. The molecule has 0 saturated heterocycles. The van der Waals surface area contributed by atoms with E-state index in [-0.39, 0.29) is 5.91 Å². The van der Waals surface area contributed by atoms with Gasteiger partial charge in [0.1, 0.15) is 6.54 Å². The van der Waals surface area contributed by atoms with E-state index in [1.165, 1.54) is 0 Å². The Morgan fingerprint density at radius 1 is 1.20 bits per heavy atom. The van der Waals surface area contributed by atoms with Crippen molar-refractivity contribution in [3.63, 3.8) is 0 Å². The number of nitrogens with two attached hydrogens (primary N) is 1. The molecule has 0 atom stereocenters. The maximum atomic E-state index is 11.9. The van der Waals surface area contributed by atoms with Crippen LogP contribution in [0.25, 0.3) is 0 Å². The Morgan fingerprint density at radius 2 is 2.00 bits per heavy atom. The van der Waals surface area contributed by atoms with Crippen LogP contribution >= 0.6 is 0 Å². The lowest BCUT2D eigenvalue weighted by Gasteiger charge is -2.32. The fourth-order valence-electron chi connectivity index (χ4n) is 2.55. The summed E-state index contributed by atoms with van der Waals surface area (Å²) in [5.74, 6) is -0.00632. The Morgan fingerprint density at radius 3 is 2.80 bits per heavy atom. The molecular weight excluding hydrogens is 250 g/mol. The number of amides is 1. The molecule has 0 unspecified atom stereocenters. The van der Waals surface area contributed by atoms with Crippen molar-refractivity contribution in [2.45, 2.75) is 13.5 Å². The first-order valence-electron chi connectivity index (χ1n) is 6.65. The first-order chi connectivity index (χ1) is 9.69. The topological polar surface area (TPSA) is 58.4 Å². The quantitative estimate of drug-likeness (QED) is 0.879. The third-order valence-corrected chi connectivity index (χ3v) is 3.52. The molecule has 20 heavy (non-hydrogen) atoms. The van der Waals surface area contributed by atoms with Gasteiger partial charge in [-0.05, 0) is 36.2 Å². The summed E-state index contributed by atoms with van der Waals surface area (Å²) in [6.07, 6.45) is 0. The van der Waals surface area contributed by atoms with Crippen molar-refractivity contribution in [2.24, 2.45) is 5.73 Å². The van der Waals surface area contributed by atoms with Gasteiger partial charge in [-0.1, -0.05) is 24.3 Å². The molecule has 0 spiro atoms. The molecule has 1 aliphatic rings. The van der Waals surface area contributed by atoms with Crippen LogP contribution in [0.15, 0.2) is 42.5 Å². The molecule has 2 aromatic carbocycles. The summed E-state index contributed by atoms with van der Waals surface area (Å²) >= 11 is 0. The number of benzene rings is 2. The fourth-order valence-corrected chi connectivity index (χ4v) is 2.55. The zero-order valence-electron chi connectivity index (χ0n) is 11.4. The van der Waals surface area contributed by atoms with Gasteiger partial charge in [0.2, 0.25) is 5.91 Å². The molecular formula is C16H17N3O. The second-order valence-corrected chi connectivity index (χ2v) is 4.99. The number of aryl methyl sites for hydroxylation is 1. The van der Waals surface area contributed by atoms with E-state index in [0.29, 0.717) is 13.1 Å². The second kappa shape index (κ2) is 4.98. The van der Waals surface area contributed by atoms with Gasteiger partial charge in [0, 0.05) is 12.2 Å². The summed E-state index contributed by atoms with van der Waals surface area (Å²) in [6.45, 7) is 2.81. The number of fused-ring (bicyclic) bond motifs is 1. The van der Waals surface area contributed by atoms with Crippen LogP contribution in [0, 0.1) is 6.92 Å². The standard InChI is InChI=1S/C16H17N3O/c1-11-6-7-12(9-17)15(8-11)19-10-16(20)18-13-4-2-3-5-14(13)19/h2-8H,9-10,17H2,1H3,(H,18,20). The molecule has 2 aromatic rings. The van der Waals surface area contributed by atoms with E-state index in [2.05, 4.69) is 11.4 Å². The number of hydrogen-bond donors (Lipinski definition) is 2. The van der Waals surface area contributed by atoms with Crippen LogP contribution in [-0.4, -0.2) is 12.5 Å². The molecule has 102 valence electrons. The SMILES string of the molecule is Cc1ccc(CN)c(N2CC(=O)Nc3ccccc32)c1. The normalized spacial score (nSPS) is 13.9. The van der Waals surface area contributed by atoms with Gasteiger partial charge < -0.3 is 16.0 Å². The minimum Gasteiger partial charge on any atom is -0.330 e. The van der Waals surface area contributed by atoms with Crippen LogP contribution < -0.4 is 16.0 Å². The van der Waals surface area contributed by atoms with Crippen molar-refractivity contribution in [3.8, 4) is 0 Å². The number of carbonyl (C=O) groups excluding carboxylic acids is 1. The third-order valence-electron chi connectivity index (χ3n) is 3.52. The zero-order valence-corrected chi connectivity index (χ0v) is 11.4. The Kier molecular flexibility index (Phi) is 3.16. The minimum absolute atomic E-state index is 0.00632. The van der Waals surface area contributed by atoms with Crippen molar-refractivity contribution in [1.82, 2.24) is 0 Å². The van der Waals surface area contributed by atoms with Crippen molar-refractivity contribution in [3.05, 3.63) is 53.6 Å². The Labute approximate surface area is 118 Å². The molecule has 4 heteroatoms. The molecule has 1 amide bonds. The van der Waals surface area contributed by atoms with Gasteiger partial charge in [0.25, 0.3) is 0 Å². The third kappa shape index (κ3) is 2.14. The van der Waals surface area contributed by atoms with Crippen LogP contribution in [0.5, 0.6) is 0 Å². The largest absolute Gasteiger partial charge is 0.330 e. The molecule has 1 aliphatic heterocycles. The summed E-state index contributed by atoms with van der Waals surface area (Å²) in [7, 11) is 0. The maximum Gasteiger partial charge on any atom is 0.244 e. The molecule has 0 bridgehead atoms. The van der Waals surface area contributed by atoms with Gasteiger partial charge in [-0.2, -0.15) is 0 Å². The van der Waals surface area contributed by atoms with E-state index in [4.69, 9.17) is 5.73 Å². The number of anilines is 3. The van der Waals surface area contributed by atoms with Gasteiger partial charge in [-0.3, -0.25) is 4.79 Å². The Balaban J connectivity index is 2.15. The molecule has 3 N–H and O–H groups in total. The monoisotopic (exact) mass is 267 g/mol. The van der Waals surface area contributed by atoms with Crippen LogP contribution in [0.2, 0.25) is 0 Å². The average molecular weight is 267 g/mol. The summed E-state index contributed by atoms with van der Waals surface area (Å²) < 4.78 is 0. The van der Waals surface area contributed by atoms with Crippen molar-refractivity contribution in [1.29, 1.82) is 0 Å². The average Bonchev–Trinajstić information content (AvgIpc) is 2.46. The first kappa shape index (κ1) is 12.7. The van der Waals surface area contributed by atoms with E-state index >= 15 is 0 Å². The van der Waals surface area contributed by atoms with E-state index in [0.717, 1.165) is 28.2 Å². The summed E-state index contributed by atoms with van der Waals surface area (Å²) in [5.41, 5.74) is 10.9. The fraction of sp³-hybridized carbons (Fsp3) is 0.188.